The van der Waals surface area contributed by atoms with Gasteiger partial charge in [0.15, 0.2) is 5.17 Å². The number of aliphatic imine (C=N–C) groups is 1. The predicted molar refractivity (Wildman–Crippen MR) is 54.2 cm³/mol. The Bertz CT molecular complexity index is 245. The summed E-state index contributed by atoms with van der Waals surface area (Å²) in [6, 6.07) is 0.640. The molecule has 0 fully saturated rings. The van der Waals surface area contributed by atoms with Crippen LogP contribution in [0.15, 0.2) is 16.1 Å². The minimum atomic E-state index is 0.640. The number of fused-ring (bicyclic) bond motifs is 1. The quantitative estimate of drug-likeness (QED) is 0.652. The lowest BCUT2D eigenvalue weighted by atomic mass is 10.2. The second-order valence-corrected chi connectivity index (χ2v) is 3.97. The number of hydrogen-bond acceptors (Lipinski definition) is 3. The van der Waals surface area contributed by atoms with E-state index in [1.54, 1.807) is 11.8 Å². The molecule has 0 aromatic carbocycles. The molecule has 0 N–H and O–H groups in total. The fraction of sp³-hybridized carbons (Fsp3) is 0.667. The molecule has 2 heterocycles. The molecule has 0 saturated heterocycles. The van der Waals surface area contributed by atoms with Gasteiger partial charge >= 0.3 is 0 Å². The van der Waals surface area contributed by atoms with Gasteiger partial charge in [0.25, 0.3) is 0 Å². The molecule has 0 radical (unpaired) electrons. The van der Waals surface area contributed by atoms with Crippen LogP contribution in [0.5, 0.6) is 0 Å². The average molecular weight is 182 g/mol. The molecule has 0 amide bonds. The molecule has 2 nitrogen and oxygen atoms in total. The Balaban J connectivity index is 2.18. The smallest absolute Gasteiger partial charge is 0.168 e. The van der Waals surface area contributed by atoms with Gasteiger partial charge in [-0.25, -0.2) is 0 Å². The van der Waals surface area contributed by atoms with Crippen molar-refractivity contribution < 1.29 is 0 Å². The van der Waals surface area contributed by atoms with E-state index in [4.69, 9.17) is 0 Å². The molecule has 2 rings (SSSR count). The van der Waals surface area contributed by atoms with E-state index in [-0.39, 0.29) is 0 Å². The third kappa shape index (κ3) is 1.07. The van der Waals surface area contributed by atoms with Crippen molar-refractivity contribution in [2.45, 2.75) is 32.7 Å². The standard InChI is InChI=1S/C9H14N2S/c1-3-7-5-10-9-11(7)8(4-2)6-12-9/h6-7H,3-5H2,1-2H3. The first-order chi connectivity index (χ1) is 5.86. The van der Waals surface area contributed by atoms with Crippen LogP contribution in [0.25, 0.3) is 0 Å². The lowest BCUT2D eigenvalue weighted by Gasteiger charge is -2.23. The van der Waals surface area contributed by atoms with Crippen molar-refractivity contribution in [1.82, 2.24) is 4.90 Å². The minimum Gasteiger partial charge on any atom is -0.319 e. The van der Waals surface area contributed by atoms with E-state index in [2.05, 4.69) is 29.1 Å². The molecule has 1 unspecified atom stereocenters. The third-order valence-corrected chi connectivity index (χ3v) is 3.38. The normalized spacial score (nSPS) is 27.2. The van der Waals surface area contributed by atoms with Crippen molar-refractivity contribution in [3.8, 4) is 0 Å². The molecule has 12 heavy (non-hydrogen) atoms. The van der Waals surface area contributed by atoms with Crippen LogP contribution in [0.4, 0.5) is 0 Å². The Kier molecular flexibility index (Phi) is 2.13. The summed E-state index contributed by atoms with van der Waals surface area (Å²) in [6.07, 6.45) is 2.33. The maximum absolute atomic E-state index is 4.50. The highest BCUT2D eigenvalue weighted by Gasteiger charge is 2.32. The molecule has 0 aliphatic carbocycles. The maximum Gasteiger partial charge on any atom is 0.168 e. The lowest BCUT2D eigenvalue weighted by molar-refractivity contribution is 0.399. The fourth-order valence-corrected chi connectivity index (χ4v) is 2.74. The summed E-state index contributed by atoms with van der Waals surface area (Å²) in [6.45, 7) is 5.44. The van der Waals surface area contributed by atoms with Crippen molar-refractivity contribution in [2.75, 3.05) is 6.54 Å². The van der Waals surface area contributed by atoms with E-state index in [1.165, 1.54) is 17.3 Å². The molecular weight excluding hydrogens is 168 g/mol. The molecule has 2 aliphatic rings. The molecule has 0 aromatic heterocycles. The van der Waals surface area contributed by atoms with Crippen LogP contribution in [0.1, 0.15) is 26.7 Å². The van der Waals surface area contributed by atoms with Crippen molar-refractivity contribution in [3.63, 3.8) is 0 Å². The lowest BCUT2D eigenvalue weighted by Crippen LogP contribution is -2.31. The Morgan fingerprint density at radius 3 is 3.17 bits per heavy atom. The topological polar surface area (TPSA) is 15.6 Å². The number of nitrogens with zero attached hydrogens (tertiary/aromatic N) is 2. The van der Waals surface area contributed by atoms with E-state index in [9.17, 15) is 0 Å². The van der Waals surface area contributed by atoms with Crippen molar-refractivity contribution >= 4 is 16.9 Å². The first kappa shape index (κ1) is 8.17. The van der Waals surface area contributed by atoms with Gasteiger partial charge in [0.05, 0.1) is 12.6 Å². The average Bonchev–Trinajstić information content (AvgIpc) is 2.62. The van der Waals surface area contributed by atoms with Gasteiger partial charge in [-0.15, -0.1) is 0 Å². The summed E-state index contributed by atoms with van der Waals surface area (Å²) in [5, 5.41) is 3.46. The van der Waals surface area contributed by atoms with E-state index >= 15 is 0 Å². The number of thioether (sulfide) groups is 1. The maximum atomic E-state index is 4.50. The molecule has 66 valence electrons. The highest BCUT2D eigenvalue weighted by molar-refractivity contribution is 8.16. The molecule has 0 saturated carbocycles. The Morgan fingerprint density at radius 1 is 1.67 bits per heavy atom. The highest BCUT2D eigenvalue weighted by Crippen LogP contribution is 2.34. The first-order valence-corrected chi connectivity index (χ1v) is 5.44. The van der Waals surface area contributed by atoms with E-state index in [1.807, 2.05) is 0 Å². The summed E-state index contributed by atoms with van der Waals surface area (Å²) >= 11 is 1.78. The Hall–Kier alpha value is -0.440. The van der Waals surface area contributed by atoms with Crippen LogP contribution >= 0.6 is 11.8 Å². The number of allylic oxidation sites excluding steroid dienone is 1. The molecule has 1 atom stereocenters. The van der Waals surface area contributed by atoms with Crippen LogP contribution < -0.4 is 0 Å². The first-order valence-electron chi connectivity index (χ1n) is 4.56. The zero-order valence-electron chi connectivity index (χ0n) is 7.58. The van der Waals surface area contributed by atoms with Gasteiger partial charge in [0.2, 0.25) is 0 Å². The zero-order chi connectivity index (χ0) is 8.55. The van der Waals surface area contributed by atoms with E-state index in [0.29, 0.717) is 6.04 Å². The van der Waals surface area contributed by atoms with Crippen LogP contribution in [0, 0.1) is 0 Å². The molecule has 0 spiro atoms. The van der Waals surface area contributed by atoms with Crippen molar-refractivity contribution in [1.29, 1.82) is 0 Å². The molecule has 2 aliphatic heterocycles. The van der Waals surface area contributed by atoms with Gasteiger partial charge in [0.1, 0.15) is 0 Å². The monoisotopic (exact) mass is 182 g/mol. The summed E-state index contributed by atoms with van der Waals surface area (Å²) in [4.78, 5) is 6.91. The number of rotatable bonds is 2. The third-order valence-electron chi connectivity index (χ3n) is 2.45. The Labute approximate surface area is 77.7 Å². The van der Waals surface area contributed by atoms with Crippen molar-refractivity contribution in [2.24, 2.45) is 4.99 Å². The summed E-state index contributed by atoms with van der Waals surface area (Å²) in [5.41, 5.74) is 1.45. The second kappa shape index (κ2) is 3.13. The SMILES string of the molecule is CCC1=CSC2=NCC(CC)N12. The molecule has 0 aromatic rings. The summed E-state index contributed by atoms with van der Waals surface area (Å²) in [5.74, 6) is 0. The van der Waals surface area contributed by atoms with Gasteiger partial charge in [0, 0.05) is 5.70 Å². The van der Waals surface area contributed by atoms with E-state index < -0.39 is 0 Å². The van der Waals surface area contributed by atoms with Crippen LogP contribution in [0.3, 0.4) is 0 Å². The number of amidine groups is 1. The number of hydrogen-bond donors (Lipinski definition) is 0. The van der Waals surface area contributed by atoms with Crippen LogP contribution in [0.2, 0.25) is 0 Å². The van der Waals surface area contributed by atoms with Gasteiger partial charge in [-0.3, -0.25) is 4.99 Å². The van der Waals surface area contributed by atoms with Gasteiger partial charge in [-0.1, -0.05) is 25.6 Å². The van der Waals surface area contributed by atoms with E-state index in [0.717, 1.165) is 13.0 Å². The zero-order valence-corrected chi connectivity index (χ0v) is 8.40. The largest absolute Gasteiger partial charge is 0.319 e. The van der Waals surface area contributed by atoms with Gasteiger partial charge < -0.3 is 4.90 Å². The molecule has 0 bridgehead atoms. The second-order valence-electron chi connectivity index (χ2n) is 3.14. The van der Waals surface area contributed by atoms with Gasteiger partial charge in [-0.05, 0) is 18.2 Å². The highest BCUT2D eigenvalue weighted by atomic mass is 32.2. The summed E-state index contributed by atoms with van der Waals surface area (Å²) in [7, 11) is 0. The van der Waals surface area contributed by atoms with Gasteiger partial charge in [-0.2, -0.15) is 0 Å². The molecular formula is C9H14N2S. The molecule has 3 heteroatoms. The predicted octanol–water partition coefficient (Wildman–Crippen LogP) is 2.43. The van der Waals surface area contributed by atoms with Crippen LogP contribution in [-0.4, -0.2) is 22.7 Å². The van der Waals surface area contributed by atoms with Crippen LogP contribution in [-0.2, 0) is 0 Å². The summed E-state index contributed by atoms with van der Waals surface area (Å²) < 4.78 is 0. The fourth-order valence-electron chi connectivity index (χ4n) is 1.69. The Morgan fingerprint density at radius 2 is 2.50 bits per heavy atom. The van der Waals surface area contributed by atoms with Crippen molar-refractivity contribution in [3.05, 3.63) is 11.1 Å². The minimum absolute atomic E-state index is 0.640.